The predicted molar refractivity (Wildman–Crippen MR) is 88.3 cm³/mol. The Bertz CT molecular complexity index is 651. The molecule has 0 saturated carbocycles. The van der Waals surface area contributed by atoms with Gasteiger partial charge in [0.1, 0.15) is 5.75 Å². The largest absolute Gasteiger partial charge is 0.497 e. The van der Waals surface area contributed by atoms with E-state index in [1.165, 1.54) is 6.42 Å². The van der Waals surface area contributed by atoms with Crippen LogP contribution < -0.4 is 15.0 Å². The van der Waals surface area contributed by atoms with Crippen LogP contribution in [0.5, 0.6) is 5.75 Å². The van der Waals surface area contributed by atoms with Crippen molar-refractivity contribution in [3.8, 4) is 16.9 Å². The molecule has 0 aliphatic carbocycles. The molecule has 1 N–H and O–H groups in total. The Labute approximate surface area is 131 Å². The van der Waals surface area contributed by atoms with E-state index < -0.39 is 0 Å². The van der Waals surface area contributed by atoms with Crippen molar-refractivity contribution in [2.75, 3.05) is 32.6 Å². The molecule has 1 aromatic carbocycles. The van der Waals surface area contributed by atoms with Gasteiger partial charge in [0.25, 0.3) is 0 Å². The highest BCUT2D eigenvalue weighted by atomic mass is 16.5. The summed E-state index contributed by atoms with van der Waals surface area (Å²) in [4.78, 5) is 11.2. The fourth-order valence-electron chi connectivity index (χ4n) is 2.80. The van der Waals surface area contributed by atoms with Gasteiger partial charge in [0.15, 0.2) is 0 Å². The third-order valence-electron chi connectivity index (χ3n) is 3.98. The lowest BCUT2D eigenvalue weighted by Gasteiger charge is -2.18. The molecule has 0 radical (unpaired) electrons. The molecule has 0 bridgehead atoms. The molecular weight excluding hydrogens is 276 g/mol. The molecule has 1 saturated heterocycles. The van der Waals surface area contributed by atoms with E-state index in [4.69, 9.17) is 9.72 Å². The molecule has 0 amide bonds. The Kier molecular flexibility index (Phi) is 4.24. The van der Waals surface area contributed by atoms with Crippen LogP contribution in [0.4, 0.5) is 5.95 Å². The highest BCUT2D eigenvalue weighted by molar-refractivity contribution is 5.68. The van der Waals surface area contributed by atoms with Gasteiger partial charge in [0.2, 0.25) is 5.95 Å². The van der Waals surface area contributed by atoms with E-state index in [9.17, 15) is 0 Å². The molecule has 1 fully saturated rings. The van der Waals surface area contributed by atoms with Crippen LogP contribution in [0.1, 0.15) is 24.6 Å². The number of nitrogens with one attached hydrogen (secondary N) is 1. The molecule has 5 nitrogen and oxygen atoms in total. The Morgan fingerprint density at radius 2 is 2.18 bits per heavy atom. The monoisotopic (exact) mass is 298 g/mol. The lowest BCUT2D eigenvalue weighted by atomic mass is 10.0. The van der Waals surface area contributed by atoms with E-state index in [1.54, 1.807) is 7.11 Å². The van der Waals surface area contributed by atoms with Crippen LogP contribution in [0.2, 0.25) is 0 Å². The fraction of sp³-hybridized carbons (Fsp3) is 0.412. The number of aromatic nitrogens is 2. The number of benzene rings is 1. The number of hydrogen-bond acceptors (Lipinski definition) is 5. The zero-order chi connectivity index (χ0) is 15.5. The van der Waals surface area contributed by atoms with Crippen molar-refractivity contribution >= 4 is 5.95 Å². The summed E-state index contributed by atoms with van der Waals surface area (Å²) < 4.78 is 5.34. The minimum atomic E-state index is 0.294. The van der Waals surface area contributed by atoms with E-state index in [1.807, 2.05) is 43.4 Å². The van der Waals surface area contributed by atoms with Crippen molar-refractivity contribution in [2.24, 2.45) is 0 Å². The second-order valence-corrected chi connectivity index (χ2v) is 5.74. The number of anilines is 1. The molecular formula is C17H22N4O. The Morgan fingerprint density at radius 1 is 1.32 bits per heavy atom. The van der Waals surface area contributed by atoms with Crippen LogP contribution in [-0.2, 0) is 0 Å². The maximum Gasteiger partial charge on any atom is 0.225 e. The molecule has 5 heteroatoms. The molecule has 1 aliphatic rings. The highest BCUT2D eigenvalue weighted by Gasteiger charge is 2.23. The van der Waals surface area contributed by atoms with Crippen LogP contribution in [0.3, 0.4) is 0 Å². The molecule has 0 spiro atoms. The number of hydrogen-bond donors (Lipinski definition) is 1. The minimum absolute atomic E-state index is 0.294. The van der Waals surface area contributed by atoms with Gasteiger partial charge in [-0.25, -0.2) is 9.97 Å². The van der Waals surface area contributed by atoms with Gasteiger partial charge in [-0.1, -0.05) is 12.1 Å². The second kappa shape index (κ2) is 6.32. The number of rotatable bonds is 4. The molecule has 3 rings (SSSR count). The summed E-state index contributed by atoms with van der Waals surface area (Å²) in [6.07, 6.45) is 4.22. The van der Waals surface area contributed by atoms with Crippen molar-refractivity contribution in [3.63, 3.8) is 0 Å². The zero-order valence-electron chi connectivity index (χ0n) is 13.3. The van der Waals surface area contributed by atoms with Gasteiger partial charge >= 0.3 is 0 Å². The fourth-order valence-corrected chi connectivity index (χ4v) is 2.80. The maximum absolute atomic E-state index is 5.34. The third kappa shape index (κ3) is 2.90. The average Bonchev–Trinajstić information content (AvgIpc) is 3.08. The summed E-state index contributed by atoms with van der Waals surface area (Å²) in [5.41, 5.74) is 3.24. The lowest BCUT2D eigenvalue weighted by Crippen LogP contribution is -2.19. The smallest absolute Gasteiger partial charge is 0.225 e. The van der Waals surface area contributed by atoms with Crippen molar-refractivity contribution < 1.29 is 4.74 Å². The van der Waals surface area contributed by atoms with Gasteiger partial charge in [-0.15, -0.1) is 0 Å². The normalized spacial score (nSPS) is 17.5. The molecule has 1 unspecified atom stereocenters. The van der Waals surface area contributed by atoms with E-state index in [-0.39, 0.29) is 0 Å². The Morgan fingerprint density at radius 3 is 2.86 bits per heavy atom. The predicted octanol–water partition coefficient (Wildman–Crippen LogP) is 2.64. The zero-order valence-corrected chi connectivity index (χ0v) is 13.3. The molecule has 1 aliphatic heterocycles. The van der Waals surface area contributed by atoms with Gasteiger partial charge in [-0.3, -0.25) is 0 Å². The van der Waals surface area contributed by atoms with E-state index in [2.05, 4.69) is 16.4 Å². The van der Waals surface area contributed by atoms with Gasteiger partial charge < -0.3 is 15.0 Å². The van der Waals surface area contributed by atoms with Crippen molar-refractivity contribution in [1.82, 2.24) is 15.3 Å². The summed E-state index contributed by atoms with van der Waals surface area (Å²) in [7, 11) is 5.61. The van der Waals surface area contributed by atoms with Gasteiger partial charge in [-0.05, 0) is 37.1 Å². The second-order valence-electron chi connectivity index (χ2n) is 5.74. The van der Waals surface area contributed by atoms with Crippen LogP contribution >= 0.6 is 0 Å². The van der Waals surface area contributed by atoms with Gasteiger partial charge in [0, 0.05) is 25.9 Å². The molecule has 116 valence electrons. The van der Waals surface area contributed by atoms with Crippen LogP contribution in [0.15, 0.2) is 30.5 Å². The maximum atomic E-state index is 5.34. The van der Waals surface area contributed by atoms with Gasteiger partial charge in [0.05, 0.1) is 18.8 Å². The molecule has 2 aromatic rings. The van der Waals surface area contributed by atoms with Crippen LogP contribution in [-0.4, -0.2) is 37.7 Å². The number of methoxy groups -OCH3 is 1. The summed E-state index contributed by atoms with van der Waals surface area (Å²) in [5, 5.41) is 3.54. The van der Waals surface area contributed by atoms with Crippen molar-refractivity contribution in [3.05, 3.63) is 36.2 Å². The third-order valence-corrected chi connectivity index (χ3v) is 3.98. The number of nitrogens with zero attached hydrogens (tertiary/aromatic N) is 3. The minimum Gasteiger partial charge on any atom is -0.497 e. The van der Waals surface area contributed by atoms with Gasteiger partial charge in [-0.2, -0.15) is 0 Å². The Hall–Kier alpha value is -2.14. The first-order valence-electron chi connectivity index (χ1n) is 7.61. The first-order valence-corrected chi connectivity index (χ1v) is 7.61. The topological polar surface area (TPSA) is 50.3 Å². The molecule has 2 heterocycles. The first kappa shape index (κ1) is 14.8. The summed E-state index contributed by atoms with van der Waals surface area (Å²) >= 11 is 0. The molecule has 22 heavy (non-hydrogen) atoms. The average molecular weight is 298 g/mol. The summed E-state index contributed by atoms with van der Waals surface area (Å²) in [5.74, 6) is 1.59. The van der Waals surface area contributed by atoms with Crippen molar-refractivity contribution in [2.45, 2.75) is 18.9 Å². The van der Waals surface area contributed by atoms with E-state index in [0.717, 1.165) is 41.5 Å². The SMILES string of the molecule is COc1cccc(-c2cnc(N(C)C)nc2C2CCCN2)c1. The first-order chi connectivity index (χ1) is 10.7. The quantitative estimate of drug-likeness (QED) is 0.940. The molecule has 1 aromatic heterocycles. The summed E-state index contributed by atoms with van der Waals surface area (Å²) in [6, 6.07) is 8.36. The standard InChI is InChI=1S/C17H22N4O/c1-21(2)17-19-11-14(12-6-4-7-13(10-12)22-3)16(20-17)15-8-5-9-18-15/h4,6-7,10-11,15,18H,5,8-9H2,1-3H3. The van der Waals surface area contributed by atoms with Crippen LogP contribution in [0, 0.1) is 0 Å². The highest BCUT2D eigenvalue weighted by Crippen LogP contribution is 2.33. The number of ether oxygens (including phenoxy) is 1. The molecule has 1 atom stereocenters. The van der Waals surface area contributed by atoms with E-state index in [0.29, 0.717) is 6.04 Å². The lowest BCUT2D eigenvalue weighted by molar-refractivity contribution is 0.415. The van der Waals surface area contributed by atoms with E-state index >= 15 is 0 Å². The van der Waals surface area contributed by atoms with Crippen LogP contribution in [0.25, 0.3) is 11.1 Å². The van der Waals surface area contributed by atoms with Crippen molar-refractivity contribution in [1.29, 1.82) is 0 Å². The Balaban J connectivity index is 2.08. The summed E-state index contributed by atoms with van der Waals surface area (Å²) in [6.45, 7) is 1.05.